The van der Waals surface area contributed by atoms with Gasteiger partial charge in [-0.15, -0.1) is 0 Å². The zero-order valence-corrected chi connectivity index (χ0v) is 13.1. The molecule has 0 atom stereocenters. The highest BCUT2D eigenvalue weighted by molar-refractivity contribution is 5.94. The fraction of sp³-hybridized carbons (Fsp3) is 0.500. The van der Waals surface area contributed by atoms with E-state index >= 15 is 0 Å². The van der Waals surface area contributed by atoms with Crippen molar-refractivity contribution in [1.29, 1.82) is 0 Å². The standard InChI is InChI=1S/C16H25N3O2/c1-4-7-15(20)17-12-16(21)18-13-8-10-14(11-9-13)19(5-2)6-3/h8-11H,4-7,12H2,1-3H3,(H,17,20)(H,18,21). The number of anilines is 2. The minimum absolute atomic E-state index is 0.0105. The highest BCUT2D eigenvalue weighted by atomic mass is 16.2. The molecule has 0 saturated carbocycles. The predicted molar refractivity (Wildman–Crippen MR) is 86.6 cm³/mol. The molecule has 0 spiro atoms. The fourth-order valence-electron chi connectivity index (χ4n) is 2.04. The summed E-state index contributed by atoms with van der Waals surface area (Å²) in [6.07, 6.45) is 1.23. The maximum atomic E-state index is 11.7. The van der Waals surface area contributed by atoms with Gasteiger partial charge in [0.2, 0.25) is 11.8 Å². The number of hydrogen-bond acceptors (Lipinski definition) is 3. The lowest BCUT2D eigenvalue weighted by Crippen LogP contribution is -2.32. The van der Waals surface area contributed by atoms with E-state index in [0.717, 1.165) is 30.9 Å². The Morgan fingerprint density at radius 2 is 1.62 bits per heavy atom. The first-order valence-electron chi connectivity index (χ1n) is 7.52. The van der Waals surface area contributed by atoms with Crippen LogP contribution in [0, 0.1) is 0 Å². The summed E-state index contributed by atoms with van der Waals surface area (Å²) in [5.74, 6) is -0.306. The first kappa shape index (κ1) is 17.0. The molecule has 0 radical (unpaired) electrons. The van der Waals surface area contributed by atoms with Gasteiger partial charge in [0.1, 0.15) is 0 Å². The van der Waals surface area contributed by atoms with Crippen LogP contribution in [0.1, 0.15) is 33.6 Å². The van der Waals surface area contributed by atoms with E-state index in [4.69, 9.17) is 0 Å². The van der Waals surface area contributed by atoms with Gasteiger partial charge in [-0.25, -0.2) is 0 Å². The zero-order valence-electron chi connectivity index (χ0n) is 13.1. The van der Waals surface area contributed by atoms with Crippen molar-refractivity contribution in [3.8, 4) is 0 Å². The molecule has 116 valence electrons. The molecule has 0 aliphatic rings. The van der Waals surface area contributed by atoms with Crippen molar-refractivity contribution in [2.45, 2.75) is 33.6 Å². The molecule has 0 heterocycles. The van der Waals surface area contributed by atoms with E-state index in [-0.39, 0.29) is 18.4 Å². The van der Waals surface area contributed by atoms with Crippen LogP contribution in [0.5, 0.6) is 0 Å². The fourth-order valence-corrected chi connectivity index (χ4v) is 2.04. The van der Waals surface area contributed by atoms with Crippen molar-refractivity contribution in [3.05, 3.63) is 24.3 Å². The van der Waals surface area contributed by atoms with Crippen molar-refractivity contribution in [2.24, 2.45) is 0 Å². The Bertz CT molecular complexity index is 453. The number of benzene rings is 1. The largest absolute Gasteiger partial charge is 0.372 e. The van der Waals surface area contributed by atoms with Gasteiger partial charge in [-0.1, -0.05) is 6.92 Å². The van der Waals surface area contributed by atoms with E-state index in [1.807, 2.05) is 31.2 Å². The van der Waals surface area contributed by atoms with Gasteiger partial charge in [-0.2, -0.15) is 0 Å². The first-order chi connectivity index (χ1) is 10.1. The van der Waals surface area contributed by atoms with Crippen molar-refractivity contribution < 1.29 is 9.59 Å². The molecule has 0 saturated heterocycles. The van der Waals surface area contributed by atoms with Gasteiger partial charge in [0.25, 0.3) is 0 Å². The number of carbonyl (C=O) groups is 2. The third kappa shape index (κ3) is 5.85. The molecule has 0 bridgehead atoms. The van der Waals surface area contributed by atoms with Gasteiger partial charge < -0.3 is 15.5 Å². The molecule has 1 aromatic carbocycles. The van der Waals surface area contributed by atoms with Crippen molar-refractivity contribution in [1.82, 2.24) is 5.32 Å². The minimum Gasteiger partial charge on any atom is -0.372 e. The van der Waals surface area contributed by atoms with Gasteiger partial charge in [-0.3, -0.25) is 9.59 Å². The minimum atomic E-state index is -0.213. The summed E-state index contributed by atoms with van der Waals surface area (Å²) in [5, 5.41) is 5.36. The monoisotopic (exact) mass is 291 g/mol. The Morgan fingerprint density at radius 3 is 2.14 bits per heavy atom. The number of rotatable bonds is 8. The van der Waals surface area contributed by atoms with Crippen LogP contribution < -0.4 is 15.5 Å². The molecule has 0 fully saturated rings. The lowest BCUT2D eigenvalue weighted by Gasteiger charge is -2.21. The van der Waals surface area contributed by atoms with E-state index < -0.39 is 0 Å². The van der Waals surface area contributed by atoms with Crippen LogP contribution in [0.2, 0.25) is 0 Å². The Morgan fingerprint density at radius 1 is 1.00 bits per heavy atom. The van der Waals surface area contributed by atoms with Gasteiger partial charge in [0.05, 0.1) is 6.54 Å². The third-order valence-electron chi connectivity index (χ3n) is 3.20. The summed E-state index contributed by atoms with van der Waals surface area (Å²) < 4.78 is 0. The van der Waals surface area contributed by atoms with Crippen LogP contribution in [0.25, 0.3) is 0 Å². The normalized spacial score (nSPS) is 10.0. The van der Waals surface area contributed by atoms with E-state index in [9.17, 15) is 9.59 Å². The quantitative estimate of drug-likeness (QED) is 0.773. The molecule has 0 unspecified atom stereocenters. The number of carbonyl (C=O) groups excluding carboxylic acids is 2. The molecule has 0 aliphatic heterocycles. The van der Waals surface area contributed by atoms with E-state index in [0.29, 0.717) is 6.42 Å². The molecular formula is C16H25N3O2. The lowest BCUT2D eigenvalue weighted by atomic mass is 10.2. The van der Waals surface area contributed by atoms with Crippen molar-refractivity contribution in [2.75, 3.05) is 29.9 Å². The Labute approximate surface area is 126 Å². The summed E-state index contributed by atoms with van der Waals surface area (Å²) in [6, 6.07) is 7.72. The van der Waals surface area contributed by atoms with Gasteiger partial charge >= 0.3 is 0 Å². The number of amides is 2. The number of nitrogens with zero attached hydrogens (tertiary/aromatic N) is 1. The smallest absolute Gasteiger partial charge is 0.243 e. The summed E-state index contributed by atoms with van der Waals surface area (Å²) in [6.45, 7) is 8.06. The first-order valence-corrected chi connectivity index (χ1v) is 7.52. The summed E-state index contributed by atoms with van der Waals surface area (Å²) in [4.78, 5) is 25.2. The summed E-state index contributed by atoms with van der Waals surface area (Å²) in [7, 11) is 0. The van der Waals surface area contributed by atoms with E-state index in [1.54, 1.807) is 0 Å². The Kier molecular flexibility index (Phi) is 7.29. The second kappa shape index (κ2) is 9.00. The second-order valence-corrected chi connectivity index (χ2v) is 4.79. The van der Waals surface area contributed by atoms with E-state index in [2.05, 4.69) is 29.4 Å². The molecule has 5 heteroatoms. The lowest BCUT2D eigenvalue weighted by molar-refractivity contribution is -0.124. The van der Waals surface area contributed by atoms with Crippen LogP contribution in [0.4, 0.5) is 11.4 Å². The average molecular weight is 291 g/mol. The van der Waals surface area contributed by atoms with Crippen LogP contribution in [-0.4, -0.2) is 31.4 Å². The average Bonchev–Trinajstić information content (AvgIpc) is 2.48. The van der Waals surface area contributed by atoms with Crippen molar-refractivity contribution >= 4 is 23.2 Å². The molecule has 21 heavy (non-hydrogen) atoms. The molecule has 1 aromatic rings. The SMILES string of the molecule is CCCC(=O)NCC(=O)Nc1ccc(N(CC)CC)cc1. The van der Waals surface area contributed by atoms with Crippen LogP contribution in [0.3, 0.4) is 0 Å². The van der Waals surface area contributed by atoms with Gasteiger partial charge in [-0.05, 0) is 44.5 Å². The molecule has 5 nitrogen and oxygen atoms in total. The predicted octanol–water partition coefficient (Wildman–Crippen LogP) is 2.39. The molecule has 2 N–H and O–H groups in total. The molecule has 1 rings (SSSR count). The van der Waals surface area contributed by atoms with Crippen molar-refractivity contribution in [3.63, 3.8) is 0 Å². The molecule has 0 aliphatic carbocycles. The number of hydrogen-bond donors (Lipinski definition) is 2. The van der Waals surface area contributed by atoms with Gasteiger partial charge in [0, 0.05) is 30.9 Å². The van der Waals surface area contributed by atoms with Crippen LogP contribution in [0.15, 0.2) is 24.3 Å². The summed E-state index contributed by atoms with van der Waals surface area (Å²) in [5.41, 5.74) is 1.87. The molecule has 2 amide bonds. The maximum absolute atomic E-state index is 11.7. The Hall–Kier alpha value is -2.04. The third-order valence-corrected chi connectivity index (χ3v) is 3.20. The molecular weight excluding hydrogens is 266 g/mol. The zero-order chi connectivity index (χ0) is 15.7. The van der Waals surface area contributed by atoms with Gasteiger partial charge in [0.15, 0.2) is 0 Å². The Balaban J connectivity index is 2.48. The molecule has 0 aromatic heterocycles. The highest BCUT2D eigenvalue weighted by Gasteiger charge is 2.06. The van der Waals surface area contributed by atoms with Crippen LogP contribution in [-0.2, 0) is 9.59 Å². The maximum Gasteiger partial charge on any atom is 0.243 e. The number of nitrogens with one attached hydrogen (secondary N) is 2. The van der Waals surface area contributed by atoms with E-state index in [1.165, 1.54) is 0 Å². The topological polar surface area (TPSA) is 61.4 Å². The van der Waals surface area contributed by atoms with Crippen LogP contribution >= 0.6 is 0 Å². The highest BCUT2D eigenvalue weighted by Crippen LogP contribution is 2.17. The summed E-state index contributed by atoms with van der Waals surface area (Å²) >= 11 is 0. The second-order valence-electron chi connectivity index (χ2n) is 4.79.